The lowest BCUT2D eigenvalue weighted by Crippen LogP contribution is -2.51. The monoisotopic (exact) mass is 476 g/mol. The predicted octanol–water partition coefficient (Wildman–Crippen LogP) is 7.92. The molecule has 0 aromatic rings. The molecule has 0 amide bonds. The van der Waals surface area contributed by atoms with Crippen LogP contribution in [0.1, 0.15) is 111 Å². The molecule has 1 heterocycles. The SMILES string of the molecule is CCC#CC#CC[C@@H](C)[C@H]1CC[C@H]2[C@@H]3CC=C4C[C@@H](OC5CCCCO5)CC[C@]4(C)[C@H]3CC[C@]12C. The highest BCUT2D eigenvalue weighted by Crippen LogP contribution is 2.67. The Kier molecular flexibility index (Phi) is 7.73. The lowest BCUT2D eigenvalue weighted by atomic mass is 9.47. The van der Waals surface area contributed by atoms with Crippen molar-refractivity contribution in [3.05, 3.63) is 11.6 Å². The van der Waals surface area contributed by atoms with E-state index in [0.29, 0.717) is 22.9 Å². The third kappa shape index (κ3) is 4.88. The fourth-order valence-corrected chi connectivity index (χ4v) is 9.28. The summed E-state index contributed by atoms with van der Waals surface area (Å²) >= 11 is 0. The lowest BCUT2D eigenvalue weighted by Gasteiger charge is -2.58. The highest BCUT2D eigenvalue weighted by molar-refractivity contribution is 5.27. The maximum atomic E-state index is 6.46. The number of ether oxygens (including phenoxy) is 2. The van der Waals surface area contributed by atoms with E-state index in [1.807, 2.05) is 0 Å². The van der Waals surface area contributed by atoms with Crippen LogP contribution in [0.2, 0.25) is 0 Å². The van der Waals surface area contributed by atoms with Gasteiger partial charge in [0, 0.05) is 19.4 Å². The molecule has 1 unspecified atom stereocenters. The summed E-state index contributed by atoms with van der Waals surface area (Å²) in [6, 6.07) is 0. The molecule has 0 spiro atoms. The molecule has 0 bridgehead atoms. The molecule has 192 valence electrons. The van der Waals surface area contributed by atoms with E-state index in [-0.39, 0.29) is 6.29 Å². The van der Waals surface area contributed by atoms with E-state index in [1.165, 1.54) is 57.8 Å². The zero-order chi connectivity index (χ0) is 24.5. The average molecular weight is 477 g/mol. The van der Waals surface area contributed by atoms with Crippen LogP contribution < -0.4 is 0 Å². The van der Waals surface area contributed by atoms with E-state index < -0.39 is 0 Å². The van der Waals surface area contributed by atoms with Crippen molar-refractivity contribution < 1.29 is 9.47 Å². The van der Waals surface area contributed by atoms with Gasteiger partial charge in [0.15, 0.2) is 6.29 Å². The van der Waals surface area contributed by atoms with E-state index in [4.69, 9.17) is 9.47 Å². The van der Waals surface area contributed by atoms with Crippen molar-refractivity contribution >= 4 is 0 Å². The smallest absolute Gasteiger partial charge is 0.157 e. The number of rotatable bonds is 4. The summed E-state index contributed by atoms with van der Waals surface area (Å²) in [7, 11) is 0. The summed E-state index contributed by atoms with van der Waals surface area (Å²) in [5.41, 5.74) is 2.61. The molecule has 4 fully saturated rings. The van der Waals surface area contributed by atoms with E-state index in [9.17, 15) is 0 Å². The van der Waals surface area contributed by atoms with Gasteiger partial charge in [-0.1, -0.05) is 51.2 Å². The Morgan fingerprint density at radius 3 is 2.69 bits per heavy atom. The van der Waals surface area contributed by atoms with E-state index in [2.05, 4.69) is 57.5 Å². The topological polar surface area (TPSA) is 18.5 Å². The Hall–Kier alpha value is -1.22. The Morgan fingerprint density at radius 1 is 1.03 bits per heavy atom. The summed E-state index contributed by atoms with van der Waals surface area (Å²) < 4.78 is 12.4. The number of hydrogen-bond donors (Lipinski definition) is 0. The van der Waals surface area contributed by atoms with Crippen LogP contribution in [0.25, 0.3) is 0 Å². The Morgan fingerprint density at radius 2 is 1.89 bits per heavy atom. The molecular weight excluding hydrogens is 428 g/mol. The maximum absolute atomic E-state index is 6.46. The van der Waals surface area contributed by atoms with Crippen molar-refractivity contribution in [2.45, 2.75) is 124 Å². The summed E-state index contributed by atoms with van der Waals surface area (Å²) in [5.74, 6) is 16.7. The minimum absolute atomic E-state index is 0.0474. The molecule has 3 saturated carbocycles. The standard InChI is InChI=1S/C33H48O2/c1-5-6-7-8-9-12-24(2)28-16-17-29-27-15-14-25-23-26(35-31-13-10-11-22-34-31)18-20-32(25,3)30(27)19-21-33(28,29)4/h14,24,26-31H,5,10-13,15-23H2,1-4H3/t24-,26+,27+,28-,29+,30+,31?,32+,33-/m1/s1. The molecule has 4 aliphatic carbocycles. The van der Waals surface area contributed by atoms with Crippen LogP contribution in [-0.2, 0) is 9.47 Å². The van der Waals surface area contributed by atoms with Crippen LogP contribution in [-0.4, -0.2) is 19.0 Å². The van der Waals surface area contributed by atoms with Crippen molar-refractivity contribution in [3.63, 3.8) is 0 Å². The molecule has 1 aliphatic heterocycles. The highest BCUT2D eigenvalue weighted by atomic mass is 16.7. The van der Waals surface area contributed by atoms with Crippen LogP contribution in [0, 0.1) is 64.1 Å². The number of fused-ring (bicyclic) bond motifs is 5. The van der Waals surface area contributed by atoms with Gasteiger partial charge in [-0.3, -0.25) is 0 Å². The first-order valence-electron chi connectivity index (χ1n) is 14.9. The van der Waals surface area contributed by atoms with Gasteiger partial charge in [0.25, 0.3) is 0 Å². The van der Waals surface area contributed by atoms with Crippen molar-refractivity contribution in [2.24, 2.45) is 40.4 Å². The van der Waals surface area contributed by atoms with E-state index in [0.717, 1.165) is 56.0 Å². The molecule has 0 aromatic carbocycles. The summed E-state index contributed by atoms with van der Waals surface area (Å²) in [6.07, 6.45) is 19.1. The Balaban J connectivity index is 1.25. The maximum Gasteiger partial charge on any atom is 0.157 e. The second kappa shape index (κ2) is 10.6. The molecule has 2 heteroatoms. The van der Waals surface area contributed by atoms with Crippen LogP contribution >= 0.6 is 0 Å². The fraction of sp³-hybridized carbons (Fsp3) is 0.818. The summed E-state index contributed by atoms with van der Waals surface area (Å²) in [5, 5.41) is 0. The molecule has 5 rings (SSSR count). The van der Waals surface area contributed by atoms with Gasteiger partial charge < -0.3 is 9.47 Å². The van der Waals surface area contributed by atoms with Gasteiger partial charge in [-0.2, -0.15) is 0 Å². The van der Waals surface area contributed by atoms with Crippen LogP contribution in [0.4, 0.5) is 0 Å². The zero-order valence-corrected chi connectivity index (χ0v) is 22.8. The largest absolute Gasteiger partial charge is 0.353 e. The Labute approximate surface area is 215 Å². The van der Waals surface area contributed by atoms with E-state index >= 15 is 0 Å². The fourth-order valence-electron chi connectivity index (χ4n) is 9.28. The van der Waals surface area contributed by atoms with Crippen LogP contribution in [0.15, 0.2) is 11.6 Å². The van der Waals surface area contributed by atoms with Crippen LogP contribution in [0.3, 0.4) is 0 Å². The third-order valence-electron chi connectivity index (χ3n) is 11.1. The van der Waals surface area contributed by atoms with Gasteiger partial charge in [0.05, 0.1) is 6.10 Å². The second-order valence-corrected chi connectivity index (χ2v) is 12.9. The molecule has 2 nitrogen and oxygen atoms in total. The molecule has 1 saturated heterocycles. The molecule has 35 heavy (non-hydrogen) atoms. The molecule has 5 aliphatic rings. The number of allylic oxidation sites excluding steroid dienone is 1. The Bertz CT molecular complexity index is 905. The van der Waals surface area contributed by atoms with Crippen molar-refractivity contribution in [1.29, 1.82) is 0 Å². The van der Waals surface area contributed by atoms with Crippen molar-refractivity contribution in [2.75, 3.05) is 6.61 Å². The van der Waals surface area contributed by atoms with Crippen LogP contribution in [0.5, 0.6) is 0 Å². The lowest BCUT2D eigenvalue weighted by molar-refractivity contribution is -0.195. The molecule has 0 aromatic heterocycles. The first-order chi connectivity index (χ1) is 17.0. The van der Waals surface area contributed by atoms with E-state index in [1.54, 1.807) is 5.57 Å². The normalized spacial score (nSPS) is 43.3. The van der Waals surface area contributed by atoms with Gasteiger partial charge >= 0.3 is 0 Å². The van der Waals surface area contributed by atoms with Gasteiger partial charge in [-0.25, -0.2) is 0 Å². The minimum atomic E-state index is 0.0474. The summed E-state index contributed by atoms with van der Waals surface area (Å²) in [4.78, 5) is 0. The first-order valence-corrected chi connectivity index (χ1v) is 14.9. The predicted molar refractivity (Wildman–Crippen MR) is 143 cm³/mol. The van der Waals surface area contributed by atoms with Crippen molar-refractivity contribution in [3.8, 4) is 23.7 Å². The van der Waals surface area contributed by atoms with Gasteiger partial charge in [0.1, 0.15) is 0 Å². The first kappa shape index (κ1) is 25.4. The average Bonchev–Trinajstić information content (AvgIpc) is 3.22. The highest BCUT2D eigenvalue weighted by Gasteiger charge is 2.59. The third-order valence-corrected chi connectivity index (χ3v) is 11.1. The van der Waals surface area contributed by atoms with Gasteiger partial charge in [-0.15, -0.1) is 0 Å². The quantitative estimate of drug-likeness (QED) is 0.303. The molecule has 0 radical (unpaired) electrons. The molecule has 0 N–H and O–H groups in total. The van der Waals surface area contributed by atoms with Crippen molar-refractivity contribution in [1.82, 2.24) is 0 Å². The van der Waals surface area contributed by atoms with Gasteiger partial charge in [-0.05, 0) is 123 Å². The minimum Gasteiger partial charge on any atom is -0.353 e. The van der Waals surface area contributed by atoms with Gasteiger partial charge in [0.2, 0.25) is 0 Å². The molecule has 9 atom stereocenters. The zero-order valence-electron chi connectivity index (χ0n) is 22.8. The second-order valence-electron chi connectivity index (χ2n) is 12.9. The molecular formula is C33H48O2. The summed E-state index contributed by atoms with van der Waals surface area (Å²) in [6.45, 7) is 10.7. The number of hydrogen-bond acceptors (Lipinski definition) is 2.